The molecule has 5 nitrogen and oxygen atoms in total. The van der Waals surface area contributed by atoms with Gasteiger partial charge in [-0.05, 0) is 30.3 Å². The minimum atomic E-state index is 0.413. The number of allylic oxidation sites excluding steroid dienone is 1. The fourth-order valence-electron chi connectivity index (χ4n) is 2.48. The van der Waals surface area contributed by atoms with Gasteiger partial charge in [-0.2, -0.15) is 5.26 Å². The minimum Gasteiger partial charge on any atom is -0.495 e. The van der Waals surface area contributed by atoms with Crippen LogP contribution >= 0.6 is 11.6 Å². The van der Waals surface area contributed by atoms with Crippen LogP contribution in [0.2, 0.25) is 5.02 Å². The molecule has 0 atom stereocenters. The Morgan fingerprint density at radius 2 is 2.12 bits per heavy atom. The molecule has 6 heteroatoms. The molecule has 0 bridgehead atoms. The van der Waals surface area contributed by atoms with E-state index in [9.17, 15) is 5.26 Å². The maximum Gasteiger partial charge on any atom is 0.153 e. The normalized spacial score (nSPS) is 11.3. The summed E-state index contributed by atoms with van der Waals surface area (Å²) >= 11 is 6.02. The molecule has 0 saturated carbocycles. The average molecular weight is 339 g/mol. The van der Waals surface area contributed by atoms with Crippen molar-refractivity contribution in [3.05, 3.63) is 59.5 Å². The first-order valence-electron chi connectivity index (χ1n) is 7.26. The number of nitriles is 1. The molecule has 0 unspecified atom stereocenters. The summed E-state index contributed by atoms with van der Waals surface area (Å²) in [4.78, 5) is 4.53. The van der Waals surface area contributed by atoms with Gasteiger partial charge in [-0.15, -0.1) is 0 Å². The number of halogens is 1. The lowest BCUT2D eigenvalue weighted by molar-refractivity contribution is 0.417. The number of anilines is 1. The lowest BCUT2D eigenvalue weighted by Crippen LogP contribution is -1.99. The summed E-state index contributed by atoms with van der Waals surface area (Å²) in [6.07, 6.45) is 1.61. The molecule has 3 aromatic rings. The molecule has 3 rings (SSSR count). The first-order valence-corrected chi connectivity index (χ1v) is 7.64. The van der Waals surface area contributed by atoms with E-state index in [0.29, 0.717) is 27.9 Å². The first-order chi connectivity index (χ1) is 11.6. The molecule has 0 spiro atoms. The van der Waals surface area contributed by atoms with Gasteiger partial charge in [0.2, 0.25) is 0 Å². The Labute approximate surface area is 144 Å². The maximum absolute atomic E-state index is 9.52. The highest BCUT2D eigenvalue weighted by Crippen LogP contribution is 2.28. The molecule has 2 aromatic carbocycles. The average Bonchev–Trinajstić information content (AvgIpc) is 2.93. The summed E-state index contributed by atoms with van der Waals surface area (Å²) < 4.78 is 7.18. The van der Waals surface area contributed by atoms with Gasteiger partial charge in [0, 0.05) is 18.3 Å². The maximum atomic E-state index is 9.52. The van der Waals surface area contributed by atoms with Gasteiger partial charge in [-0.1, -0.05) is 23.7 Å². The Morgan fingerprint density at radius 3 is 2.83 bits per heavy atom. The molecule has 120 valence electrons. The van der Waals surface area contributed by atoms with Gasteiger partial charge in [0.1, 0.15) is 17.4 Å². The fraction of sp³-hybridized carbons (Fsp3) is 0.111. The van der Waals surface area contributed by atoms with Gasteiger partial charge in [0.25, 0.3) is 0 Å². The smallest absolute Gasteiger partial charge is 0.153 e. The number of benzene rings is 2. The summed E-state index contributed by atoms with van der Waals surface area (Å²) in [6, 6.07) is 15.2. The van der Waals surface area contributed by atoms with Gasteiger partial charge in [-0.3, -0.25) is 0 Å². The molecular formula is C18H15ClN4O. The van der Waals surface area contributed by atoms with E-state index >= 15 is 0 Å². The van der Waals surface area contributed by atoms with Gasteiger partial charge in [-0.25, -0.2) is 4.98 Å². The highest BCUT2D eigenvalue weighted by molar-refractivity contribution is 6.30. The van der Waals surface area contributed by atoms with Crippen molar-refractivity contribution < 1.29 is 4.74 Å². The zero-order valence-corrected chi connectivity index (χ0v) is 14.0. The monoisotopic (exact) mass is 338 g/mol. The molecule has 0 aliphatic rings. The summed E-state index contributed by atoms with van der Waals surface area (Å²) in [7, 11) is 3.46. The Morgan fingerprint density at radius 1 is 1.33 bits per heavy atom. The number of fused-ring (bicyclic) bond motifs is 1. The van der Waals surface area contributed by atoms with E-state index in [1.165, 1.54) is 0 Å². The largest absolute Gasteiger partial charge is 0.495 e. The van der Waals surface area contributed by atoms with E-state index in [1.54, 1.807) is 31.5 Å². The van der Waals surface area contributed by atoms with Crippen LogP contribution in [0.4, 0.5) is 5.69 Å². The van der Waals surface area contributed by atoms with Crippen LogP contribution in [0, 0.1) is 11.3 Å². The Kier molecular flexibility index (Phi) is 4.41. The van der Waals surface area contributed by atoms with Crippen LogP contribution < -0.4 is 10.1 Å². The predicted octanol–water partition coefficient (Wildman–Crippen LogP) is 4.21. The zero-order chi connectivity index (χ0) is 17.1. The number of hydrogen-bond acceptors (Lipinski definition) is 4. The molecule has 0 fully saturated rings. The van der Waals surface area contributed by atoms with Crippen LogP contribution in [0.3, 0.4) is 0 Å². The van der Waals surface area contributed by atoms with E-state index in [2.05, 4.69) is 16.4 Å². The molecular weight excluding hydrogens is 324 g/mol. The van der Waals surface area contributed by atoms with Crippen LogP contribution in [0.15, 0.2) is 48.7 Å². The first kappa shape index (κ1) is 15.9. The number of methoxy groups -OCH3 is 1. The summed E-state index contributed by atoms with van der Waals surface area (Å²) in [5.74, 6) is 1.23. The molecule has 0 amide bonds. The molecule has 24 heavy (non-hydrogen) atoms. The highest BCUT2D eigenvalue weighted by atomic mass is 35.5. The van der Waals surface area contributed by atoms with Crippen molar-refractivity contribution in [1.29, 1.82) is 5.26 Å². The van der Waals surface area contributed by atoms with Crippen LogP contribution in [0.1, 0.15) is 5.82 Å². The number of aromatic nitrogens is 2. The van der Waals surface area contributed by atoms with Crippen LogP contribution in [-0.4, -0.2) is 16.7 Å². The second kappa shape index (κ2) is 6.65. The predicted molar refractivity (Wildman–Crippen MR) is 95.9 cm³/mol. The van der Waals surface area contributed by atoms with Crippen LogP contribution in [-0.2, 0) is 7.05 Å². The van der Waals surface area contributed by atoms with Crippen LogP contribution in [0.5, 0.6) is 5.75 Å². The number of ether oxygens (including phenoxy) is 1. The Balaban J connectivity index is 2.00. The molecule has 0 aliphatic heterocycles. The van der Waals surface area contributed by atoms with Crippen molar-refractivity contribution in [3.8, 4) is 11.8 Å². The van der Waals surface area contributed by atoms with Gasteiger partial charge < -0.3 is 14.6 Å². The molecule has 0 radical (unpaired) electrons. The lowest BCUT2D eigenvalue weighted by Gasteiger charge is -2.09. The van der Waals surface area contributed by atoms with E-state index in [-0.39, 0.29) is 0 Å². The number of aryl methyl sites for hydroxylation is 1. The van der Waals surface area contributed by atoms with Crippen molar-refractivity contribution in [2.75, 3.05) is 12.4 Å². The molecule has 1 N–H and O–H groups in total. The number of nitrogens with one attached hydrogen (secondary N) is 1. The van der Waals surface area contributed by atoms with E-state index in [1.807, 2.05) is 35.9 Å². The standard InChI is InChI=1S/C18H15ClN4O/c1-23-16-6-4-3-5-14(16)22-18(23)12(10-20)11-21-15-9-13(19)7-8-17(15)24-2/h3-9,11,21H,1-2H3. The summed E-state index contributed by atoms with van der Waals surface area (Å²) in [6.45, 7) is 0. The van der Waals surface area contributed by atoms with Crippen molar-refractivity contribution in [2.45, 2.75) is 0 Å². The number of rotatable bonds is 4. The Hall–Kier alpha value is -2.97. The van der Waals surface area contributed by atoms with Gasteiger partial charge >= 0.3 is 0 Å². The Bertz CT molecular complexity index is 969. The number of imidazole rings is 1. The SMILES string of the molecule is COc1ccc(Cl)cc1NC=C(C#N)c1nc2ccccc2n1C. The van der Waals surface area contributed by atoms with Crippen LogP contribution in [0.25, 0.3) is 16.6 Å². The summed E-state index contributed by atoms with van der Waals surface area (Å²) in [5.41, 5.74) is 2.90. The van der Waals surface area contributed by atoms with Crippen molar-refractivity contribution in [3.63, 3.8) is 0 Å². The van der Waals surface area contributed by atoms with E-state index in [4.69, 9.17) is 16.3 Å². The third-order valence-corrected chi connectivity index (χ3v) is 3.92. The van der Waals surface area contributed by atoms with Crippen molar-refractivity contribution in [1.82, 2.24) is 9.55 Å². The van der Waals surface area contributed by atoms with Gasteiger partial charge in [0.15, 0.2) is 5.82 Å². The number of hydrogen-bond donors (Lipinski definition) is 1. The van der Waals surface area contributed by atoms with E-state index < -0.39 is 0 Å². The molecule has 0 saturated heterocycles. The third kappa shape index (κ3) is 2.92. The fourth-order valence-corrected chi connectivity index (χ4v) is 2.65. The molecule has 0 aliphatic carbocycles. The minimum absolute atomic E-state index is 0.413. The lowest BCUT2D eigenvalue weighted by atomic mass is 10.2. The van der Waals surface area contributed by atoms with Crippen molar-refractivity contribution >= 4 is 33.9 Å². The highest BCUT2D eigenvalue weighted by Gasteiger charge is 2.12. The number of nitrogens with zero attached hydrogens (tertiary/aromatic N) is 3. The second-order valence-electron chi connectivity index (χ2n) is 5.14. The molecule has 1 aromatic heterocycles. The quantitative estimate of drug-likeness (QED) is 0.724. The molecule has 1 heterocycles. The summed E-state index contributed by atoms with van der Waals surface area (Å²) in [5, 5.41) is 13.2. The van der Waals surface area contributed by atoms with Gasteiger partial charge in [0.05, 0.1) is 23.8 Å². The second-order valence-corrected chi connectivity index (χ2v) is 5.58. The number of para-hydroxylation sites is 2. The third-order valence-electron chi connectivity index (χ3n) is 3.68. The van der Waals surface area contributed by atoms with Crippen molar-refractivity contribution in [2.24, 2.45) is 7.05 Å². The topological polar surface area (TPSA) is 62.9 Å². The van der Waals surface area contributed by atoms with E-state index in [0.717, 1.165) is 11.0 Å². The zero-order valence-electron chi connectivity index (χ0n) is 13.2.